The summed E-state index contributed by atoms with van der Waals surface area (Å²) in [4.78, 5) is 0.654. The Balaban J connectivity index is 2.30. The summed E-state index contributed by atoms with van der Waals surface area (Å²) >= 11 is 8.75. The molecule has 0 atom stereocenters. The van der Waals surface area contributed by atoms with Gasteiger partial charge in [0, 0.05) is 0 Å². The van der Waals surface area contributed by atoms with E-state index in [0.717, 1.165) is 17.4 Å². The number of halogens is 2. The molecule has 1 aromatic carbocycles. The van der Waals surface area contributed by atoms with Crippen molar-refractivity contribution in [2.75, 3.05) is 4.72 Å². The molecule has 3 N–H and O–H groups in total. The highest BCUT2D eigenvalue weighted by atomic mass is 79.9. The number of thiocarbonyl (C=S) groups is 1. The summed E-state index contributed by atoms with van der Waals surface area (Å²) in [5, 5.41) is 0. The second kappa shape index (κ2) is 5.76. The molecule has 0 aliphatic heterocycles. The predicted octanol–water partition coefficient (Wildman–Crippen LogP) is 3.08. The summed E-state index contributed by atoms with van der Waals surface area (Å²) in [7, 11) is -3.75. The Hall–Kier alpha value is -1.03. The van der Waals surface area contributed by atoms with Crippen molar-refractivity contribution >= 4 is 60.2 Å². The third-order valence-electron chi connectivity index (χ3n) is 2.26. The zero-order valence-electron chi connectivity index (χ0n) is 9.76. The zero-order valence-corrected chi connectivity index (χ0v) is 13.8. The Kier molecular flexibility index (Phi) is 4.43. The van der Waals surface area contributed by atoms with Crippen LogP contribution < -0.4 is 10.5 Å². The molecule has 0 saturated heterocycles. The van der Waals surface area contributed by atoms with E-state index in [2.05, 4.69) is 20.7 Å². The molecule has 0 radical (unpaired) electrons. The fourth-order valence-electron chi connectivity index (χ4n) is 1.36. The Morgan fingerprint density at radius 3 is 2.60 bits per heavy atom. The van der Waals surface area contributed by atoms with Crippen molar-refractivity contribution in [1.29, 1.82) is 0 Å². The first-order valence-electron chi connectivity index (χ1n) is 5.17. The topological polar surface area (TPSA) is 72.2 Å². The van der Waals surface area contributed by atoms with Crippen LogP contribution in [0.15, 0.2) is 39.0 Å². The lowest BCUT2D eigenvalue weighted by Crippen LogP contribution is -2.11. The molecular weight excluding hydrogens is 387 g/mol. The molecule has 0 aliphatic rings. The average Bonchev–Trinajstić information content (AvgIpc) is 2.84. The lowest BCUT2D eigenvalue weighted by molar-refractivity contribution is 0.602. The van der Waals surface area contributed by atoms with E-state index in [1.165, 1.54) is 18.2 Å². The molecule has 0 unspecified atom stereocenters. The fraction of sp³-hybridized carbons (Fsp3) is 0. The van der Waals surface area contributed by atoms with Crippen LogP contribution in [-0.2, 0) is 10.0 Å². The molecule has 2 aromatic rings. The average molecular weight is 395 g/mol. The number of rotatable bonds is 4. The van der Waals surface area contributed by atoms with Gasteiger partial charge in [-0.15, -0.1) is 11.3 Å². The third-order valence-corrected chi connectivity index (χ3v) is 6.21. The number of hydrogen-bond acceptors (Lipinski definition) is 4. The van der Waals surface area contributed by atoms with Crippen LogP contribution in [0.3, 0.4) is 0 Å². The van der Waals surface area contributed by atoms with Crippen LogP contribution in [0.2, 0.25) is 0 Å². The largest absolute Gasteiger partial charge is 0.389 e. The van der Waals surface area contributed by atoms with Gasteiger partial charge in [-0.3, -0.25) is 4.72 Å². The first-order chi connectivity index (χ1) is 9.29. The van der Waals surface area contributed by atoms with Gasteiger partial charge in [0.1, 0.15) is 15.0 Å². The first kappa shape index (κ1) is 15.4. The number of nitrogens with two attached hydrogens (primary N) is 1. The van der Waals surface area contributed by atoms with E-state index in [1.807, 2.05) is 0 Å². The predicted molar refractivity (Wildman–Crippen MR) is 85.1 cm³/mol. The quantitative estimate of drug-likeness (QED) is 0.781. The highest BCUT2D eigenvalue weighted by Gasteiger charge is 2.18. The van der Waals surface area contributed by atoms with Crippen molar-refractivity contribution < 1.29 is 12.8 Å². The standard InChI is InChI=1S/C11H8BrFN2O2S3/c12-7-5-6(1-2-8(7)13)15-20(16,17)10-4-3-9(19-10)11(14)18/h1-5,15H,(H2,14,18). The smallest absolute Gasteiger partial charge is 0.271 e. The summed E-state index contributed by atoms with van der Waals surface area (Å²) in [5.41, 5.74) is 5.69. The minimum atomic E-state index is -3.75. The van der Waals surface area contributed by atoms with E-state index in [4.69, 9.17) is 18.0 Å². The molecule has 0 amide bonds. The van der Waals surface area contributed by atoms with Crippen LogP contribution in [0.4, 0.5) is 10.1 Å². The Bertz CT molecular complexity index is 774. The van der Waals surface area contributed by atoms with E-state index in [0.29, 0.717) is 4.88 Å². The van der Waals surface area contributed by atoms with Gasteiger partial charge in [-0.05, 0) is 46.3 Å². The lowest BCUT2D eigenvalue weighted by atomic mass is 10.3. The molecule has 1 heterocycles. The molecule has 106 valence electrons. The molecule has 0 fully saturated rings. The SMILES string of the molecule is NC(=S)c1ccc(S(=O)(=O)Nc2ccc(F)c(Br)c2)s1. The number of nitrogens with one attached hydrogen (secondary N) is 1. The second-order valence-corrected chi connectivity index (χ2v) is 8.00. The van der Waals surface area contributed by atoms with Crippen LogP contribution in [0.25, 0.3) is 0 Å². The molecule has 0 aliphatic carbocycles. The molecule has 4 nitrogen and oxygen atoms in total. The molecule has 0 spiro atoms. The Morgan fingerprint density at radius 1 is 1.35 bits per heavy atom. The number of sulfonamides is 1. The van der Waals surface area contributed by atoms with E-state index in [1.54, 1.807) is 6.07 Å². The van der Waals surface area contributed by atoms with Gasteiger partial charge in [-0.25, -0.2) is 12.8 Å². The van der Waals surface area contributed by atoms with Crippen molar-refractivity contribution in [3.05, 3.63) is 45.5 Å². The van der Waals surface area contributed by atoms with Gasteiger partial charge in [0.15, 0.2) is 0 Å². The summed E-state index contributed by atoms with van der Waals surface area (Å²) in [5.74, 6) is -0.472. The highest BCUT2D eigenvalue weighted by Crippen LogP contribution is 2.26. The minimum Gasteiger partial charge on any atom is -0.389 e. The van der Waals surface area contributed by atoms with Crippen molar-refractivity contribution in [2.24, 2.45) is 5.73 Å². The zero-order chi connectivity index (χ0) is 14.9. The summed E-state index contributed by atoms with van der Waals surface area (Å²) in [6, 6.07) is 6.80. The second-order valence-electron chi connectivity index (χ2n) is 3.72. The van der Waals surface area contributed by atoms with Crippen molar-refractivity contribution in [3.63, 3.8) is 0 Å². The number of benzene rings is 1. The van der Waals surface area contributed by atoms with Gasteiger partial charge in [-0.2, -0.15) is 0 Å². The summed E-state index contributed by atoms with van der Waals surface area (Å²) in [6.45, 7) is 0. The monoisotopic (exact) mass is 394 g/mol. The van der Waals surface area contributed by atoms with E-state index in [9.17, 15) is 12.8 Å². The molecule has 1 aromatic heterocycles. The van der Waals surface area contributed by atoms with E-state index in [-0.39, 0.29) is 19.4 Å². The van der Waals surface area contributed by atoms with Crippen LogP contribution in [0.5, 0.6) is 0 Å². The van der Waals surface area contributed by atoms with Gasteiger partial charge in [0.05, 0.1) is 15.0 Å². The number of hydrogen-bond donors (Lipinski definition) is 2. The van der Waals surface area contributed by atoms with Crippen molar-refractivity contribution in [2.45, 2.75) is 4.21 Å². The van der Waals surface area contributed by atoms with Gasteiger partial charge < -0.3 is 5.73 Å². The summed E-state index contributed by atoms with van der Waals surface area (Å²) in [6.07, 6.45) is 0. The minimum absolute atomic E-state index is 0.0840. The number of thiophene rings is 1. The maximum absolute atomic E-state index is 13.1. The summed E-state index contributed by atoms with van der Waals surface area (Å²) < 4.78 is 40.0. The molecule has 20 heavy (non-hydrogen) atoms. The van der Waals surface area contributed by atoms with Crippen LogP contribution >= 0.6 is 39.5 Å². The van der Waals surface area contributed by atoms with E-state index < -0.39 is 15.8 Å². The van der Waals surface area contributed by atoms with Gasteiger partial charge in [0.25, 0.3) is 10.0 Å². The van der Waals surface area contributed by atoms with Crippen molar-refractivity contribution in [1.82, 2.24) is 0 Å². The molecule has 2 rings (SSSR count). The maximum Gasteiger partial charge on any atom is 0.271 e. The highest BCUT2D eigenvalue weighted by molar-refractivity contribution is 9.10. The fourth-order valence-corrected chi connectivity index (χ4v) is 4.14. The van der Waals surface area contributed by atoms with Gasteiger partial charge >= 0.3 is 0 Å². The maximum atomic E-state index is 13.1. The van der Waals surface area contributed by atoms with Crippen molar-refractivity contribution in [3.8, 4) is 0 Å². The normalized spacial score (nSPS) is 11.3. The molecule has 9 heteroatoms. The third kappa shape index (κ3) is 3.35. The molecule has 0 bridgehead atoms. The van der Waals surface area contributed by atoms with Gasteiger partial charge in [0.2, 0.25) is 0 Å². The molecular formula is C11H8BrFN2O2S3. The first-order valence-corrected chi connectivity index (χ1v) is 8.67. The van der Waals surface area contributed by atoms with Crippen LogP contribution in [0, 0.1) is 5.82 Å². The van der Waals surface area contributed by atoms with Crippen LogP contribution in [-0.4, -0.2) is 13.4 Å². The van der Waals surface area contributed by atoms with E-state index >= 15 is 0 Å². The van der Waals surface area contributed by atoms with Crippen LogP contribution in [0.1, 0.15) is 4.88 Å². The Labute approximate surface area is 133 Å². The number of anilines is 1. The Morgan fingerprint density at radius 2 is 2.05 bits per heavy atom. The lowest BCUT2D eigenvalue weighted by Gasteiger charge is -2.06. The molecule has 0 saturated carbocycles. The van der Waals surface area contributed by atoms with Gasteiger partial charge in [-0.1, -0.05) is 12.2 Å².